The molecule has 5 nitrogen and oxygen atoms in total. The number of aliphatic hydroxyl groups is 1. The molecule has 0 bridgehead atoms. The van der Waals surface area contributed by atoms with E-state index < -0.39 is 11.2 Å². The van der Waals surface area contributed by atoms with Crippen molar-refractivity contribution in [2.75, 3.05) is 19.6 Å². The molecule has 1 aliphatic heterocycles. The standard InChI is InChI=1S/C17H28N2O3S/c1-13(14-5-10-23-11-14)18-12-17(21)6-8-19(9-7-17)15(20)22-16(2,3)4/h5,10-11,13,18,21H,6-9,12H2,1-4H3. The third-order valence-electron chi connectivity index (χ3n) is 4.13. The van der Waals surface area contributed by atoms with Crippen molar-refractivity contribution in [3.8, 4) is 0 Å². The van der Waals surface area contributed by atoms with Gasteiger partial charge in [-0.2, -0.15) is 11.3 Å². The molecule has 2 heterocycles. The highest BCUT2D eigenvalue weighted by atomic mass is 32.1. The Balaban J connectivity index is 1.79. The molecule has 130 valence electrons. The van der Waals surface area contributed by atoms with Crippen molar-refractivity contribution in [1.29, 1.82) is 0 Å². The number of carbonyl (C=O) groups excluding carboxylic acids is 1. The maximum absolute atomic E-state index is 12.1. The maximum atomic E-state index is 12.1. The van der Waals surface area contributed by atoms with Crippen molar-refractivity contribution in [2.24, 2.45) is 0 Å². The summed E-state index contributed by atoms with van der Waals surface area (Å²) in [5, 5.41) is 18.3. The van der Waals surface area contributed by atoms with Gasteiger partial charge in [-0.05, 0) is 62.9 Å². The van der Waals surface area contributed by atoms with Crippen molar-refractivity contribution in [2.45, 2.75) is 57.8 Å². The van der Waals surface area contributed by atoms with E-state index in [4.69, 9.17) is 4.74 Å². The fourth-order valence-corrected chi connectivity index (χ4v) is 3.35. The number of rotatable bonds is 4. The lowest BCUT2D eigenvalue weighted by atomic mass is 9.91. The second kappa shape index (κ2) is 7.20. The average Bonchev–Trinajstić information content (AvgIpc) is 2.98. The van der Waals surface area contributed by atoms with Crippen LogP contribution in [0.1, 0.15) is 52.1 Å². The van der Waals surface area contributed by atoms with Gasteiger partial charge in [0.25, 0.3) is 0 Å². The lowest BCUT2D eigenvalue weighted by Crippen LogP contribution is -2.52. The second-order valence-electron chi connectivity index (χ2n) is 7.35. The summed E-state index contributed by atoms with van der Waals surface area (Å²) < 4.78 is 5.38. The zero-order valence-electron chi connectivity index (χ0n) is 14.5. The average molecular weight is 340 g/mol. The predicted octanol–water partition coefficient (Wildman–Crippen LogP) is 3.16. The first-order chi connectivity index (χ1) is 10.7. The van der Waals surface area contributed by atoms with Crippen LogP contribution in [-0.2, 0) is 4.74 Å². The smallest absolute Gasteiger partial charge is 0.410 e. The van der Waals surface area contributed by atoms with Gasteiger partial charge in [-0.3, -0.25) is 0 Å². The number of amides is 1. The Labute approximate surface area is 142 Å². The van der Waals surface area contributed by atoms with Crippen LogP contribution in [0.5, 0.6) is 0 Å². The topological polar surface area (TPSA) is 61.8 Å². The van der Waals surface area contributed by atoms with Gasteiger partial charge >= 0.3 is 6.09 Å². The minimum absolute atomic E-state index is 0.217. The third-order valence-corrected chi connectivity index (χ3v) is 4.83. The van der Waals surface area contributed by atoms with Crippen LogP contribution >= 0.6 is 11.3 Å². The molecule has 2 N–H and O–H groups in total. The molecule has 1 aliphatic rings. The Bertz CT molecular complexity index is 502. The first-order valence-electron chi connectivity index (χ1n) is 8.14. The van der Waals surface area contributed by atoms with Crippen LogP contribution in [0, 0.1) is 0 Å². The fraction of sp³-hybridized carbons (Fsp3) is 0.706. The number of nitrogens with one attached hydrogen (secondary N) is 1. The summed E-state index contributed by atoms with van der Waals surface area (Å²) in [6, 6.07) is 2.31. The van der Waals surface area contributed by atoms with Gasteiger partial charge in [-0.15, -0.1) is 0 Å². The van der Waals surface area contributed by atoms with Gasteiger partial charge in [0.2, 0.25) is 0 Å². The van der Waals surface area contributed by atoms with Gasteiger partial charge < -0.3 is 20.1 Å². The van der Waals surface area contributed by atoms with Crippen LogP contribution in [0.3, 0.4) is 0 Å². The van der Waals surface area contributed by atoms with Crippen LogP contribution in [0.4, 0.5) is 4.79 Å². The summed E-state index contributed by atoms with van der Waals surface area (Å²) in [5.74, 6) is 0. The first kappa shape index (κ1) is 18.2. The molecule has 1 unspecified atom stereocenters. The molecule has 23 heavy (non-hydrogen) atoms. The summed E-state index contributed by atoms with van der Waals surface area (Å²) in [6.45, 7) is 9.27. The van der Waals surface area contributed by atoms with Crippen molar-refractivity contribution in [3.05, 3.63) is 22.4 Å². The predicted molar refractivity (Wildman–Crippen MR) is 92.7 cm³/mol. The van der Waals surface area contributed by atoms with Crippen molar-refractivity contribution in [1.82, 2.24) is 10.2 Å². The molecule has 6 heteroatoms. The van der Waals surface area contributed by atoms with Gasteiger partial charge in [0.15, 0.2) is 0 Å². The number of nitrogens with zero attached hydrogens (tertiary/aromatic N) is 1. The Kier molecular flexibility index (Phi) is 5.70. The van der Waals surface area contributed by atoms with E-state index >= 15 is 0 Å². The molecule has 2 rings (SSSR count). The molecule has 1 aromatic rings. The Morgan fingerprint density at radius 1 is 1.48 bits per heavy atom. The number of carbonyl (C=O) groups is 1. The molecule has 0 saturated carbocycles. The van der Waals surface area contributed by atoms with E-state index in [0.29, 0.717) is 32.5 Å². The molecule has 0 aromatic carbocycles. The van der Waals surface area contributed by atoms with Crippen LogP contribution < -0.4 is 5.32 Å². The number of thiophene rings is 1. The normalized spacial score (nSPS) is 19.4. The third kappa shape index (κ3) is 5.48. The fourth-order valence-electron chi connectivity index (χ4n) is 2.59. The highest BCUT2D eigenvalue weighted by Crippen LogP contribution is 2.24. The molecule has 1 saturated heterocycles. The zero-order valence-corrected chi connectivity index (χ0v) is 15.3. The van der Waals surface area contributed by atoms with E-state index in [9.17, 15) is 9.90 Å². The number of ether oxygens (including phenoxy) is 1. The summed E-state index contributed by atoms with van der Waals surface area (Å²) >= 11 is 1.68. The number of likely N-dealkylation sites (tertiary alicyclic amines) is 1. The molecular weight excluding hydrogens is 312 g/mol. The molecule has 1 fully saturated rings. The van der Waals surface area contributed by atoms with Crippen molar-refractivity contribution in [3.63, 3.8) is 0 Å². The summed E-state index contributed by atoms with van der Waals surface area (Å²) in [7, 11) is 0. The Hall–Kier alpha value is -1.11. The van der Waals surface area contributed by atoms with Crippen LogP contribution in [-0.4, -0.2) is 46.9 Å². The van der Waals surface area contributed by atoms with E-state index in [-0.39, 0.29) is 12.1 Å². The maximum Gasteiger partial charge on any atom is 0.410 e. The molecule has 1 amide bonds. The quantitative estimate of drug-likeness (QED) is 0.884. The van der Waals surface area contributed by atoms with Crippen LogP contribution in [0.2, 0.25) is 0 Å². The van der Waals surface area contributed by atoms with Crippen molar-refractivity contribution >= 4 is 17.4 Å². The van der Waals surface area contributed by atoms with E-state index in [2.05, 4.69) is 29.1 Å². The summed E-state index contributed by atoms with van der Waals surface area (Å²) in [4.78, 5) is 13.7. The van der Waals surface area contributed by atoms with Gasteiger partial charge in [0, 0.05) is 25.7 Å². The highest BCUT2D eigenvalue weighted by Gasteiger charge is 2.35. The summed E-state index contributed by atoms with van der Waals surface area (Å²) in [5.41, 5.74) is -0.00434. The van der Waals surface area contributed by atoms with E-state index in [1.54, 1.807) is 16.2 Å². The van der Waals surface area contributed by atoms with E-state index in [1.165, 1.54) is 5.56 Å². The monoisotopic (exact) mass is 340 g/mol. The van der Waals surface area contributed by atoms with Crippen LogP contribution in [0.15, 0.2) is 16.8 Å². The number of hydrogen-bond donors (Lipinski definition) is 2. The largest absolute Gasteiger partial charge is 0.444 e. The number of hydrogen-bond acceptors (Lipinski definition) is 5. The molecular formula is C17H28N2O3S. The second-order valence-corrected chi connectivity index (χ2v) is 8.13. The van der Waals surface area contributed by atoms with Crippen molar-refractivity contribution < 1.29 is 14.6 Å². The van der Waals surface area contributed by atoms with Gasteiger partial charge in [0.1, 0.15) is 5.60 Å². The van der Waals surface area contributed by atoms with Gasteiger partial charge in [-0.25, -0.2) is 4.79 Å². The highest BCUT2D eigenvalue weighted by molar-refractivity contribution is 7.07. The SMILES string of the molecule is CC(NCC1(O)CCN(C(=O)OC(C)(C)C)CC1)c1ccsc1. The molecule has 0 spiro atoms. The molecule has 0 aliphatic carbocycles. The Morgan fingerprint density at radius 2 is 2.13 bits per heavy atom. The summed E-state index contributed by atoms with van der Waals surface area (Å²) in [6.07, 6.45) is 0.838. The number of piperidine rings is 1. The van der Waals surface area contributed by atoms with Gasteiger partial charge in [-0.1, -0.05) is 0 Å². The minimum Gasteiger partial charge on any atom is -0.444 e. The molecule has 0 radical (unpaired) electrons. The minimum atomic E-state index is -0.761. The Morgan fingerprint density at radius 3 is 2.65 bits per heavy atom. The zero-order chi connectivity index (χ0) is 17.1. The van der Waals surface area contributed by atoms with Gasteiger partial charge in [0.05, 0.1) is 5.60 Å². The first-order valence-corrected chi connectivity index (χ1v) is 9.09. The lowest BCUT2D eigenvalue weighted by molar-refractivity contribution is -0.0319. The molecule has 1 aromatic heterocycles. The van der Waals surface area contributed by atoms with E-state index in [0.717, 1.165) is 0 Å². The van der Waals surface area contributed by atoms with Crippen LogP contribution in [0.25, 0.3) is 0 Å². The molecule has 1 atom stereocenters. The lowest BCUT2D eigenvalue weighted by Gasteiger charge is -2.39. The van der Waals surface area contributed by atoms with E-state index in [1.807, 2.05) is 20.8 Å².